The normalized spacial score (nSPS) is 11.9. The molecule has 0 spiro atoms. The molecule has 0 radical (unpaired) electrons. The minimum absolute atomic E-state index is 0.115. The van der Waals surface area contributed by atoms with E-state index in [0.717, 1.165) is 5.56 Å². The number of aliphatic hydroxyl groups excluding tert-OH is 1. The molecule has 2 aromatic rings. The number of carbonyl (C=O) groups is 1. The van der Waals surface area contributed by atoms with Crippen LogP contribution in [0.3, 0.4) is 0 Å². The zero-order chi connectivity index (χ0) is 14.4. The summed E-state index contributed by atoms with van der Waals surface area (Å²) in [5, 5.41) is 18.6. The predicted octanol–water partition coefficient (Wildman–Crippen LogP) is 0.888. The molecule has 1 atom stereocenters. The highest BCUT2D eigenvalue weighted by Crippen LogP contribution is 2.12. The van der Waals surface area contributed by atoms with Crippen LogP contribution in [-0.2, 0) is 0 Å². The van der Waals surface area contributed by atoms with Crippen LogP contribution >= 0.6 is 0 Å². The number of hydrogen-bond donors (Lipinski definition) is 3. The van der Waals surface area contributed by atoms with Gasteiger partial charge in [-0.3, -0.25) is 9.89 Å². The number of aryl methyl sites for hydroxylation is 1. The maximum atomic E-state index is 11.6. The lowest BCUT2D eigenvalue weighted by atomic mass is 10.2. The highest BCUT2D eigenvalue weighted by Gasteiger charge is 2.10. The van der Waals surface area contributed by atoms with Gasteiger partial charge >= 0.3 is 0 Å². The van der Waals surface area contributed by atoms with Gasteiger partial charge in [0, 0.05) is 12.7 Å². The lowest BCUT2D eigenvalue weighted by Crippen LogP contribution is -2.35. The second kappa shape index (κ2) is 6.72. The molecule has 0 fully saturated rings. The van der Waals surface area contributed by atoms with Crippen LogP contribution in [0, 0.1) is 6.92 Å². The molecule has 0 bridgehead atoms. The summed E-state index contributed by atoms with van der Waals surface area (Å²) in [5.41, 5.74) is 1.45. The molecule has 1 unspecified atom stereocenters. The van der Waals surface area contributed by atoms with Gasteiger partial charge < -0.3 is 15.2 Å². The fourth-order valence-corrected chi connectivity index (χ4v) is 1.64. The molecule has 3 N–H and O–H groups in total. The van der Waals surface area contributed by atoms with Crippen molar-refractivity contribution in [3.63, 3.8) is 0 Å². The van der Waals surface area contributed by atoms with Crippen molar-refractivity contribution in [2.45, 2.75) is 13.0 Å². The number of aliphatic hydroxyl groups is 1. The van der Waals surface area contributed by atoms with Crippen LogP contribution in [0.2, 0.25) is 0 Å². The molecule has 1 heterocycles. The third kappa shape index (κ3) is 4.10. The molecule has 0 saturated heterocycles. The molecule has 0 aliphatic rings. The third-order valence-corrected chi connectivity index (χ3v) is 2.68. The summed E-state index contributed by atoms with van der Waals surface area (Å²) in [5.74, 6) is 0.390. The van der Waals surface area contributed by atoms with Crippen molar-refractivity contribution in [1.82, 2.24) is 15.5 Å². The van der Waals surface area contributed by atoms with E-state index in [4.69, 9.17) is 4.74 Å². The summed E-state index contributed by atoms with van der Waals surface area (Å²) in [6.45, 7) is 2.20. The number of nitrogens with one attached hydrogen (secondary N) is 2. The van der Waals surface area contributed by atoms with Crippen molar-refractivity contribution in [3.8, 4) is 5.75 Å². The Morgan fingerprint density at radius 1 is 1.50 bits per heavy atom. The number of amides is 1. The van der Waals surface area contributed by atoms with E-state index in [1.54, 1.807) is 6.07 Å². The zero-order valence-electron chi connectivity index (χ0n) is 11.2. The van der Waals surface area contributed by atoms with Gasteiger partial charge in [-0.2, -0.15) is 5.10 Å². The van der Waals surface area contributed by atoms with Crippen LogP contribution in [0.5, 0.6) is 5.75 Å². The van der Waals surface area contributed by atoms with E-state index in [1.807, 2.05) is 31.2 Å². The Hall–Kier alpha value is -2.34. The zero-order valence-corrected chi connectivity index (χ0v) is 11.2. The molecule has 1 aromatic carbocycles. The van der Waals surface area contributed by atoms with Gasteiger partial charge in [-0.1, -0.05) is 12.1 Å². The number of carbonyl (C=O) groups excluding carboxylic acids is 1. The van der Waals surface area contributed by atoms with E-state index in [9.17, 15) is 9.90 Å². The number of rotatable bonds is 6. The van der Waals surface area contributed by atoms with Crippen molar-refractivity contribution in [3.05, 3.63) is 47.8 Å². The highest BCUT2D eigenvalue weighted by molar-refractivity contribution is 5.92. The van der Waals surface area contributed by atoms with Crippen LogP contribution in [0.1, 0.15) is 16.1 Å². The summed E-state index contributed by atoms with van der Waals surface area (Å²) in [4.78, 5) is 11.6. The van der Waals surface area contributed by atoms with Crippen LogP contribution in [0.15, 0.2) is 36.5 Å². The Morgan fingerprint density at radius 3 is 3.05 bits per heavy atom. The topological polar surface area (TPSA) is 87.2 Å². The van der Waals surface area contributed by atoms with Gasteiger partial charge in [-0.15, -0.1) is 0 Å². The van der Waals surface area contributed by atoms with E-state index >= 15 is 0 Å². The van der Waals surface area contributed by atoms with Gasteiger partial charge in [0.1, 0.15) is 24.2 Å². The number of ether oxygens (including phenoxy) is 1. The Kier molecular flexibility index (Phi) is 4.73. The van der Waals surface area contributed by atoms with Crippen LogP contribution in [-0.4, -0.2) is 40.5 Å². The SMILES string of the molecule is Cc1cccc(OCC(O)CNC(=O)c2ccn[nH]2)c1. The second-order valence-corrected chi connectivity index (χ2v) is 4.46. The van der Waals surface area contributed by atoms with E-state index < -0.39 is 6.10 Å². The van der Waals surface area contributed by atoms with Crippen molar-refractivity contribution in [1.29, 1.82) is 0 Å². The fraction of sp³-hybridized carbons (Fsp3) is 0.286. The quantitative estimate of drug-likeness (QED) is 0.730. The number of nitrogens with zero attached hydrogens (tertiary/aromatic N) is 1. The Labute approximate surface area is 116 Å². The molecular formula is C14H17N3O3. The first-order valence-corrected chi connectivity index (χ1v) is 6.30. The van der Waals surface area contributed by atoms with E-state index in [0.29, 0.717) is 11.4 Å². The second-order valence-electron chi connectivity index (χ2n) is 4.46. The Balaban J connectivity index is 1.73. The lowest BCUT2D eigenvalue weighted by Gasteiger charge is -2.13. The largest absolute Gasteiger partial charge is 0.491 e. The first kappa shape index (κ1) is 14.1. The standard InChI is InChI=1S/C14H17N3O3/c1-10-3-2-4-12(7-10)20-9-11(18)8-15-14(19)13-5-6-16-17-13/h2-7,11,18H,8-9H2,1H3,(H,15,19)(H,16,17). The van der Waals surface area contributed by atoms with Gasteiger partial charge in [0.05, 0.1) is 0 Å². The summed E-state index contributed by atoms with van der Waals surface area (Å²) in [6.07, 6.45) is 0.717. The molecule has 1 amide bonds. The van der Waals surface area contributed by atoms with Gasteiger partial charge in [0.15, 0.2) is 0 Å². The van der Waals surface area contributed by atoms with Crippen molar-refractivity contribution < 1.29 is 14.6 Å². The van der Waals surface area contributed by atoms with Gasteiger partial charge in [0.2, 0.25) is 0 Å². The molecule has 6 nitrogen and oxygen atoms in total. The van der Waals surface area contributed by atoms with E-state index in [-0.39, 0.29) is 19.1 Å². The number of aromatic nitrogens is 2. The predicted molar refractivity (Wildman–Crippen MR) is 73.6 cm³/mol. The Bertz CT molecular complexity index is 555. The van der Waals surface area contributed by atoms with Crippen molar-refractivity contribution in [2.75, 3.05) is 13.2 Å². The highest BCUT2D eigenvalue weighted by atomic mass is 16.5. The van der Waals surface area contributed by atoms with Gasteiger partial charge in [-0.05, 0) is 30.7 Å². The molecule has 20 heavy (non-hydrogen) atoms. The number of aromatic amines is 1. The minimum Gasteiger partial charge on any atom is -0.491 e. The maximum Gasteiger partial charge on any atom is 0.269 e. The van der Waals surface area contributed by atoms with Crippen LogP contribution in [0.4, 0.5) is 0 Å². The molecule has 0 aliphatic heterocycles. The summed E-state index contributed by atoms with van der Waals surface area (Å²) in [6, 6.07) is 9.12. The average Bonchev–Trinajstić information content (AvgIpc) is 2.97. The summed E-state index contributed by atoms with van der Waals surface area (Å²) >= 11 is 0. The maximum absolute atomic E-state index is 11.6. The Morgan fingerprint density at radius 2 is 2.35 bits per heavy atom. The first-order chi connectivity index (χ1) is 9.65. The summed E-state index contributed by atoms with van der Waals surface area (Å²) < 4.78 is 5.45. The number of H-pyrrole nitrogens is 1. The molecule has 1 aromatic heterocycles. The number of hydrogen-bond acceptors (Lipinski definition) is 4. The summed E-state index contributed by atoms with van der Waals surface area (Å²) in [7, 11) is 0. The number of benzene rings is 1. The molecule has 6 heteroatoms. The molecule has 0 aliphatic carbocycles. The van der Waals surface area contributed by atoms with E-state index in [2.05, 4.69) is 15.5 Å². The van der Waals surface area contributed by atoms with Crippen LogP contribution < -0.4 is 10.1 Å². The average molecular weight is 275 g/mol. The lowest BCUT2D eigenvalue weighted by molar-refractivity contribution is 0.0840. The van der Waals surface area contributed by atoms with Crippen LogP contribution in [0.25, 0.3) is 0 Å². The minimum atomic E-state index is -0.776. The molecule has 2 rings (SSSR count). The van der Waals surface area contributed by atoms with Crippen molar-refractivity contribution in [2.24, 2.45) is 0 Å². The van der Waals surface area contributed by atoms with Crippen molar-refractivity contribution >= 4 is 5.91 Å². The molecular weight excluding hydrogens is 258 g/mol. The fourth-order valence-electron chi connectivity index (χ4n) is 1.64. The monoisotopic (exact) mass is 275 g/mol. The van der Waals surface area contributed by atoms with E-state index in [1.165, 1.54) is 6.20 Å². The van der Waals surface area contributed by atoms with Gasteiger partial charge in [0.25, 0.3) is 5.91 Å². The van der Waals surface area contributed by atoms with Gasteiger partial charge in [-0.25, -0.2) is 0 Å². The first-order valence-electron chi connectivity index (χ1n) is 6.30. The smallest absolute Gasteiger partial charge is 0.269 e. The molecule has 106 valence electrons. The molecule has 0 saturated carbocycles. The third-order valence-electron chi connectivity index (χ3n) is 2.68.